The van der Waals surface area contributed by atoms with E-state index >= 15 is 0 Å². The van der Waals surface area contributed by atoms with Crippen molar-refractivity contribution in [3.05, 3.63) is 64.7 Å². The van der Waals surface area contributed by atoms with Crippen molar-refractivity contribution in [2.24, 2.45) is 5.73 Å². The predicted molar refractivity (Wildman–Crippen MR) is 86.5 cm³/mol. The van der Waals surface area contributed by atoms with E-state index in [9.17, 15) is 10.1 Å². The maximum atomic E-state index is 11.1. The largest absolute Gasteiger partial charge is 0.439 e. The number of amides is 1. The number of nitrogens with two attached hydrogens (primary N) is 1. The van der Waals surface area contributed by atoms with Crippen molar-refractivity contribution in [1.29, 1.82) is 5.26 Å². The lowest BCUT2D eigenvalue weighted by atomic mass is 10.1. The quantitative estimate of drug-likeness (QED) is 0.796. The van der Waals surface area contributed by atoms with Crippen LogP contribution in [0.2, 0.25) is 5.02 Å². The Morgan fingerprint density at radius 3 is 2.57 bits per heavy atom. The minimum Gasteiger partial charge on any atom is -0.439 e. The molecule has 0 aliphatic heterocycles. The van der Waals surface area contributed by atoms with Gasteiger partial charge in [0.05, 0.1) is 11.1 Å². The van der Waals surface area contributed by atoms with E-state index in [0.717, 1.165) is 0 Å². The fourth-order valence-electron chi connectivity index (χ4n) is 2.13. The van der Waals surface area contributed by atoms with Gasteiger partial charge in [0, 0.05) is 22.0 Å². The molecular formula is C17H10ClN3O2. The lowest BCUT2D eigenvalue weighted by Gasteiger charge is -2.08. The van der Waals surface area contributed by atoms with E-state index in [4.69, 9.17) is 22.1 Å². The van der Waals surface area contributed by atoms with Crippen molar-refractivity contribution in [3.63, 3.8) is 0 Å². The predicted octanol–water partition coefficient (Wildman–Crippen LogP) is 3.65. The molecule has 1 amide bonds. The molecule has 0 saturated carbocycles. The average Bonchev–Trinajstić information content (AvgIpc) is 2.55. The Bertz CT molecular complexity index is 946. The minimum atomic E-state index is -0.510. The number of primary amides is 1. The molecule has 2 aromatic carbocycles. The summed E-state index contributed by atoms with van der Waals surface area (Å²) in [5.41, 5.74) is 6.60. The summed E-state index contributed by atoms with van der Waals surface area (Å²) in [6.07, 6.45) is 0. The summed E-state index contributed by atoms with van der Waals surface area (Å²) in [4.78, 5) is 15.4. The van der Waals surface area contributed by atoms with Crippen LogP contribution >= 0.6 is 11.6 Å². The van der Waals surface area contributed by atoms with Gasteiger partial charge in [0.1, 0.15) is 11.8 Å². The number of benzene rings is 2. The maximum Gasteiger partial charge on any atom is 0.248 e. The van der Waals surface area contributed by atoms with Gasteiger partial charge < -0.3 is 10.5 Å². The smallest absolute Gasteiger partial charge is 0.248 e. The molecule has 0 bridgehead atoms. The summed E-state index contributed by atoms with van der Waals surface area (Å²) in [7, 11) is 0. The zero-order valence-corrected chi connectivity index (χ0v) is 12.5. The second kappa shape index (κ2) is 5.95. The number of hydrogen-bond donors (Lipinski definition) is 1. The maximum absolute atomic E-state index is 11.1. The van der Waals surface area contributed by atoms with Crippen LogP contribution in [-0.4, -0.2) is 10.9 Å². The van der Waals surface area contributed by atoms with Crippen LogP contribution in [0.25, 0.3) is 10.9 Å². The number of ether oxygens (including phenoxy) is 1. The van der Waals surface area contributed by atoms with Crippen LogP contribution in [0.4, 0.5) is 0 Å². The number of nitrogens with zero attached hydrogens (tertiary/aromatic N) is 2. The summed E-state index contributed by atoms with van der Waals surface area (Å²) in [5, 5.41) is 10.5. The monoisotopic (exact) mass is 323 g/mol. The zero-order valence-electron chi connectivity index (χ0n) is 11.8. The molecule has 23 heavy (non-hydrogen) atoms. The van der Waals surface area contributed by atoms with Gasteiger partial charge in [-0.05, 0) is 42.5 Å². The molecule has 6 heteroatoms. The van der Waals surface area contributed by atoms with Crippen LogP contribution in [-0.2, 0) is 0 Å². The molecule has 0 aliphatic rings. The first-order valence-corrected chi connectivity index (χ1v) is 7.03. The molecule has 0 atom stereocenters. The van der Waals surface area contributed by atoms with E-state index in [1.165, 1.54) is 0 Å². The summed E-state index contributed by atoms with van der Waals surface area (Å²) in [6.45, 7) is 0. The summed E-state index contributed by atoms with van der Waals surface area (Å²) < 4.78 is 5.65. The number of hydrogen-bond acceptors (Lipinski definition) is 4. The molecule has 0 saturated heterocycles. The molecule has 1 aromatic heterocycles. The van der Waals surface area contributed by atoms with Crippen LogP contribution in [0, 0.1) is 11.3 Å². The minimum absolute atomic E-state index is 0.281. The SMILES string of the molecule is N#Cc1cc(Oc2ccc(C(N)=O)cc2)nc2ccc(Cl)cc12. The average molecular weight is 324 g/mol. The van der Waals surface area contributed by atoms with Crippen molar-refractivity contribution in [2.75, 3.05) is 0 Å². The zero-order chi connectivity index (χ0) is 16.4. The third-order valence-corrected chi connectivity index (χ3v) is 3.46. The van der Waals surface area contributed by atoms with Gasteiger partial charge in [0.25, 0.3) is 0 Å². The molecule has 1 heterocycles. The van der Waals surface area contributed by atoms with Gasteiger partial charge in [-0.25, -0.2) is 4.98 Å². The first kappa shape index (κ1) is 14.8. The van der Waals surface area contributed by atoms with Crippen LogP contribution in [0.3, 0.4) is 0 Å². The first-order valence-electron chi connectivity index (χ1n) is 6.65. The van der Waals surface area contributed by atoms with Gasteiger partial charge >= 0.3 is 0 Å². The van der Waals surface area contributed by atoms with Gasteiger partial charge in [-0.1, -0.05) is 11.6 Å². The molecule has 0 fully saturated rings. The van der Waals surface area contributed by atoms with Gasteiger partial charge in [0.15, 0.2) is 0 Å². The van der Waals surface area contributed by atoms with E-state index in [1.807, 2.05) is 0 Å². The first-order chi connectivity index (χ1) is 11.1. The Labute approximate surface area is 136 Å². The van der Waals surface area contributed by atoms with Crippen molar-refractivity contribution in [3.8, 4) is 17.7 Å². The number of carbonyl (C=O) groups is 1. The van der Waals surface area contributed by atoms with Crippen molar-refractivity contribution in [1.82, 2.24) is 4.98 Å². The molecule has 0 radical (unpaired) electrons. The van der Waals surface area contributed by atoms with E-state index in [0.29, 0.717) is 32.8 Å². The third-order valence-electron chi connectivity index (χ3n) is 3.23. The highest BCUT2D eigenvalue weighted by atomic mass is 35.5. The number of pyridine rings is 1. The van der Waals surface area contributed by atoms with Crippen LogP contribution in [0.5, 0.6) is 11.6 Å². The third kappa shape index (κ3) is 3.07. The number of rotatable bonds is 3. The molecule has 3 aromatic rings. The lowest BCUT2D eigenvalue weighted by molar-refractivity contribution is 0.100. The lowest BCUT2D eigenvalue weighted by Crippen LogP contribution is -2.10. The number of aromatic nitrogens is 1. The summed E-state index contributed by atoms with van der Waals surface area (Å²) in [5.74, 6) is 0.256. The molecule has 3 rings (SSSR count). The van der Waals surface area contributed by atoms with Gasteiger partial charge in [0.2, 0.25) is 11.8 Å². The molecule has 5 nitrogen and oxygen atoms in total. The fraction of sp³-hybridized carbons (Fsp3) is 0. The Balaban J connectivity index is 1.98. The van der Waals surface area contributed by atoms with E-state index in [2.05, 4.69) is 11.1 Å². The van der Waals surface area contributed by atoms with Gasteiger partial charge in [-0.3, -0.25) is 4.79 Å². The topological polar surface area (TPSA) is 89.0 Å². The molecule has 0 unspecified atom stereocenters. The van der Waals surface area contributed by atoms with E-state index < -0.39 is 5.91 Å². The van der Waals surface area contributed by atoms with Crippen molar-refractivity contribution in [2.45, 2.75) is 0 Å². The van der Waals surface area contributed by atoms with Crippen LogP contribution < -0.4 is 10.5 Å². The number of carbonyl (C=O) groups excluding carboxylic acids is 1. The Morgan fingerprint density at radius 2 is 1.91 bits per heavy atom. The molecule has 0 aliphatic carbocycles. The molecule has 112 valence electrons. The van der Waals surface area contributed by atoms with E-state index in [1.54, 1.807) is 48.5 Å². The fourth-order valence-corrected chi connectivity index (χ4v) is 2.30. The number of fused-ring (bicyclic) bond motifs is 1. The Hall–Kier alpha value is -3.10. The highest BCUT2D eigenvalue weighted by molar-refractivity contribution is 6.31. The highest BCUT2D eigenvalue weighted by Gasteiger charge is 2.08. The van der Waals surface area contributed by atoms with Crippen LogP contribution in [0.15, 0.2) is 48.5 Å². The van der Waals surface area contributed by atoms with Gasteiger partial charge in [-0.2, -0.15) is 5.26 Å². The Morgan fingerprint density at radius 1 is 1.17 bits per heavy atom. The van der Waals surface area contributed by atoms with Crippen molar-refractivity contribution >= 4 is 28.4 Å². The summed E-state index contributed by atoms with van der Waals surface area (Å²) in [6, 6.07) is 15.1. The Kier molecular flexibility index (Phi) is 3.83. The molecular weight excluding hydrogens is 314 g/mol. The number of nitriles is 1. The second-order valence-corrected chi connectivity index (χ2v) is 5.21. The molecule has 0 spiro atoms. The molecule has 2 N–H and O–H groups in total. The number of halogens is 1. The van der Waals surface area contributed by atoms with Crippen molar-refractivity contribution < 1.29 is 9.53 Å². The highest BCUT2D eigenvalue weighted by Crippen LogP contribution is 2.27. The summed E-state index contributed by atoms with van der Waals surface area (Å²) >= 11 is 5.95. The second-order valence-electron chi connectivity index (χ2n) is 4.77. The standard InChI is InChI=1S/C17H10ClN3O2/c18-12-3-6-15-14(8-12)11(9-19)7-16(21-15)23-13-4-1-10(2-5-13)17(20)22/h1-8H,(H2,20,22). The van der Waals surface area contributed by atoms with Gasteiger partial charge in [-0.15, -0.1) is 0 Å². The normalized spacial score (nSPS) is 10.3. The van der Waals surface area contributed by atoms with Crippen LogP contribution in [0.1, 0.15) is 15.9 Å². The van der Waals surface area contributed by atoms with E-state index in [-0.39, 0.29) is 5.88 Å².